The van der Waals surface area contributed by atoms with Crippen LogP contribution in [0.15, 0.2) is 24.5 Å². The molecule has 1 saturated heterocycles. The number of nitrogens with zero attached hydrogens (tertiary/aromatic N) is 3. The summed E-state index contributed by atoms with van der Waals surface area (Å²) in [5, 5.41) is 9.38. The molecule has 1 fully saturated rings. The summed E-state index contributed by atoms with van der Waals surface area (Å²) in [6.07, 6.45) is 1.84. The van der Waals surface area contributed by atoms with Crippen LogP contribution in [0.25, 0.3) is 21.9 Å². The van der Waals surface area contributed by atoms with Crippen molar-refractivity contribution in [2.45, 2.75) is 32.5 Å². The van der Waals surface area contributed by atoms with Gasteiger partial charge in [-0.05, 0) is 36.4 Å². The third-order valence-electron chi connectivity index (χ3n) is 6.78. The molecule has 10 nitrogen and oxygen atoms in total. The molecule has 2 unspecified atom stereocenters. The minimum absolute atomic E-state index is 0.0687. The number of nitrogen functional groups attached to an aromatic ring is 1. The summed E-state index contributed by atoms with van der Waals surface area (Å²) < 4.78 is 35.4. The largest absolute Gasteiger partial charge is 0.474 e. The molecule has 194 valence electrons. The van der Waals surface area contributed by atoms with E-state index in [1.807, 2.05) is 6.92 Å². The Morgan fingerprint density at radius 2 is 2.05 bits per heavy atom. The highest BCUT2D eigenvalue weighted by Gasteiger charge is 2.31. The van der Waals surface area contributed by atoms with Crippen molar-refractivity contribution >= 4 is 39.9 Å². The zero-order valence-corrected chi connectivity index (χ0v) is 20.4. The van der Waals surface area contributed by atoms with Crippen LogP contribution >= 0.6 is 0 Å². The van der Waals surface area contributed by atoms with Crippen LogP contribution in [0.5, 0.6) is 5.88 Å². The molecule has 12 heteroatoms. The number of rotatable bonds is 3. The molecule has 3 aromatic rings. The number of fused-ring (bicyclic) bond motifs is 2. The first kappa shape index (κ1) is 24.5. The van der Waals surface area contributed by atoms with Crippen molar-refractivity contribution < 1.29 is 23.1 Å². The number of alkyl halides is 1. The standard InChI is InChI=1S/C25H27F2N7O3/c1-12-16(9-31-24-23(12)29-4-6-37-24)15-7-14-8-20(30-10-17(14)22(28)21(15)27)33-25(36)32-19-3-5-34(13(2)35)11-18(19)26/h7-10,18-19,29H,3-6,11,28H2,1-2H3,(H2,30,32,33,36). The number of benzene rings is 1. The van der Waals surface area contributed by atoms with Crippen LogP contribution in [0.2, 0.25) is 0 Å². The first-order valence-corrected chi connectivity index (χ1v) is 11.9. The fourth-order valence-electron chi connectivity index (χ4n) is 4.73. The predicted molar refractivity (Wildman–Crippen MR) is 136 cm³/mol. The summed E-state index contributed by atoms with van der Waals surface area (Å²) >= 11 is 0. The van der Waals surface area contributed by atoms with E-state index in [0.29, 0.717) is 54.0 Å². The molecule has 3 amide bonds. The van der Waals surface area contributed by atoms with Crippen molar-refractivity contribution in [2.75, 3.05) is 42.6 Å². The van der Waals surface area contributed by atoms with Crippen molar-refractivity contribution in [3.05, 3.63) is 35.9 Å². The van der Waals surface area contributed by atoms with Gasteiger partial charge in [0.1, 0.15) is 24.3 Å². The highest BCUT2D eigenvalue weighted by Crippen LogP contribution is 2.39. The van der Waals surface area contributed by atoms with Gasteiger partial charge in [-0.25, -0.2) is 23.5 Å². The Balaban J connectivity index is 1.39. The molecule has 2 atom stereocenters. The molecule has 37 heavy (non-hydrogen) atoms. The van der Waals surface area contributed by atoms with E-state index in [2.05, 4.69) is 25.9 Å². The Kier molecular flexibility index (Phi) is 6.40. The van der Waals surface area contributed by atoms with Crippen molar-refractivity contribution in [2.24, 2.45) is 0 Å². The van der Waals surface area contributed by atoms with Crippen LogP contribution in [0.3, 0.4) is 0 Å². The second-order valence-electron chi connectivity index (χ2n) is 9.17. The van der Waals surface area contributed by atoms with E-state index in [4.69, 9.17) is 10.5 Å². The molecule has 0 saturated carbocycles. The minimum atomic E-state index is -1.38. The molecule has 0 bridgehead atoms. The van der Waals surface area contributed by atoms with Gasteiger partial charge in [-0.15, -0.1) is 0 Å². The molecule has 4 heterocycles. The molecular weight excluding hydrogens is 484 g/mol. The lowest BCUT2D eigenvalue weighted by Crippen LogP contribution is -2.54. The van der Waals surface area contributed by atoms with E-state index < -0.39 is 24.1 Å². The van der Waals surface area contributed by atoms with Gasteiger partial charge in [-0.3, -0.25) is 10.1 Å². The van der Waals surface area contributed by atoms with Gasteiger partial charge in [0.25, 0.3) is 0 Å². The molecule has 2 aromatic heterocycles. The smallest absolute Gasteiger partial charge is 0.320 e. The normalized spacial score (nSPS) is 19.0. The van der Waals surface area contributed by atoms with Gasteiger partial charge in [0.05, 0.1) is 18.3 Å². The van der Waals surface area contributed by atoms with Gasteiger partial charge in [-0.1, -0.05) is 0 Å². The Hall–Kier alpha value is -4.22. The number of halogens is 2. The van der Waals surface area contributed by atoms with Crippen LogP contribution in [0, 0.1) is 12.7 Å². The maximum absolute atomic E-state index is 15.3. The topological polar surface area (TPSA) is 134 Å². The molecule has 2 aliphatic heterocycles. The van der Waals surface area contributed by atoms with Crippen LogP contribution in [0.4, 0.5) is 30.8 Å². The minimum Gasteiger partial charge on any atom is -0.474 e. The fourth-order valence-corrected chi connectivity index (χ4v) is 4.73. The van der Waals surface area contributed by atoms with Gasteiger partial charge in [0.2, 0.25) is 11.8 Å². The second-order valence-corrected chi connectivity index (χ2v) is 9.17. The van der Waals surface area contributed by atoms with E-state index in [9.17, 15) is 14.0 Å². The summed E-state index contributed by atoms with van der Waals surface area (Å²) in [6.45, 7) is 4.64. The maximum Gasteiger partial charge on any atom is 0.320 e. The van der Waals surface area contributed by atoms with Crippen LogP contribution in [0.1, 0.15) is 18.9 Å². The Bertz CT molecular complexity index is 1400. The summed E-state index contributed by atoms with van der Waals surface area (Å²) in [5.41, 5.74) is 8.33. The zero-order valence-electron chi connectivity index (χ0n) is 20.4. The number of carbonyl (C=O) groups excluding carboxylic acids is 2. The van der Waals surface area contributed by atoms with Gasteiger partial charge < -0.3 is 26.0 Å². The van der Waals surface area contributed by atoms with E-state index in [1.165, 1.54) is 18.0 Å². The molecule has 5 N–H and O–H groups in total. The molecule has 2 aliphatic rings. The van der Waals surface area contributed by atoms with E-state index in [1.54, 1.807) is 18.3 Å². The summed E-state index contributed by atoms with van der Waals surface area (Å²) in [7, 11) is 0. The number of aromatic nitrogens is 2. The molecule has 0 aliphatic carbocycles. The number of likely N-dealkylation sites (tertiary alicyclic amines) is 1. The zero-order chi connectivity index (χ0) is 26.3. The lowest BCUT2D eigenvalue weighted by Gasteiger charge is -2.34. The summed E-state index contributed by atoms with van der Waals surface area (Å²) in [4.78, 5) is 33.9. The Morgan fingerprint density at radius 1 is 1.24 bits per heavy atom. The maximum atomic E-state index is 15.3. The number of amides is 3. The number of anilines is 3. The van der Waals surface area contributed by atoms with Crippen LogP contribution in [-0.4, -0.2) is 65.3 Å². The first-order valence-electron chi connectivity index (χ1n) is 11.9. The molecule has 5 rings (SSSR count). The predicted octanol–water partition coefficient (Wildman–Crippen LogP) is 3.21. The SMILES string of the molecule is CC(=O)N1CCC(NC(=O)Nc2cc3cc(-c4cnc5c(c4C)NCCO5)c(F)c(N)c3cn2)C(F)C1. The quantitative estimate of drug-likeness (QED) is 0.397. The first-order chi connectivity index (χ1) is 17.7. The summed E-state index contributed by atoms with van der Waals surface area (Å²) in [6, 6.07) is 1.83. The number of pyridine rings is 2. The lowest BCUT2D eigenvalue weighted by atomic mass is 9.97. The number of nitrogens with two attached hydrogens (primary N) is 1. The number of hydrogen-bond acceptors (Lipinski definition) is 7. The number of ether oxygens (including phenoxy) is 1. The fraction of sp³-hybridized carbons (Fsp3) is 0.360. The third-order valence-corrected chi connectivity index (χ3v) is 6.78. The van der Waals surface area contributed by atoms with Crippen LogP contribution in [-0.2, 0) is 4.79 Å². The highest BCUT2D eigenvalue weighted by atomic mass is 19.1. The van der Waals surface area contributed by atoms with Crippen molar-refractivity contribution in [3.8, 4) is 17.0 Å². The van der Waals surface area contributed by atoms with E-state index in [-0.39, 0.29) is 29.5 Å². The van der Waals surface area contributed by atoms with Crippen LogP contribution < -0.4 is 26.4 Å². The van der Waals surface area contributed by atoms with Crippen molar-refractivity contribution in [1.82, 2.24) is 20.2 Å². The second kappa shape index (κ2) is 9.68. The van der Waals surface area contributed by atoms with Crippen molar-refractivity contribution in [1.29, 1.82) is 0 Å². The number of hydrogen-bond donors (Lipinski definition) is 4. The van der Waals surface area contributed by atoms with Gasteiger partial charge in [-0.2, -0.15) is 0 Å². The van der Waals surface area contributed by atoms with Gasteiger partial charge in [0, 0.05) is 48.9 Å². The highest BCUT2D eigenvalue weighted by molar-refractivity contribution is 6.00. The summed E-state index contributed by atoms with van der Waals surface area (Å²) in [5.74, 6) is -0.146. The van der Waals surface area contributed by atoms with Gasteiger partial charge >= 0.3 is 6.03 Å². The third kappa shape index (κ3) is 4.66. The monoisotopic (exact) mass is 511 g/mol. The molecule has 0 spiro atoms. The molecule has 0 radical (unpaired) electrons. The number of nitrogens with one attached hydrogen (secondary N) is 3. The Morgan fingerprint density at radius 3 is 2.81 bits per heavy atom. The average Bonchev–Trinajstić information content (AvgIpc) is 2.88. The molecular formula is C25H27F2N7O3. The number of piperidine rings is 1. The van der Waals surface area contributed by atoms with E-state index >= 15 is 4.39 Å². The number of carbonyl (C=O) groups is 2. The average molecular weight is 512 g/mol. The van der Waals surface area contributed by atoms with Gasteiger partial charge in [0.15, 0.2) is 5.82 Å². The lowest BCUT2D eigenvalue weighted by molar-refractivity contribution is -0.131. The van der Waals surface area contributed by atoms with Crippen molar-refractivity contribution in [3.63, 3.8) is 0 Å². The van der Waals surface area contributed by atoms with E-state index in [0.717, 1.165) is 5.56 Å². The number of urea groups is 1. The molecule has 1 aromatic carbocycles. The Labute approximate surface area is 211 Å².